The zero-order chi connectivity index (χ0) is 20.1. The number of rotatable bonds is 7. The largest absolute Gasteiger partial charge is 0.381 e. The zero-order valence-electron chi connectivity index (χ0n) is 15.4. The van der Waals surface area contributed by atoms with Gasteiger partial charge in [0.25, 0.3) is 0 Å². The first-order valence-corrected chi connectivity index (χ1v) is 9.89. The summed E-state index contributed by atoms with van der Waals surface area (Å²) >= 11 is 1.33. The Morgan fingerprint density at radius 3 is 2.28 bits per heavy atom. The maximum Gasteiger partial charge on any atom is 0.131 e. The van der Waals surface area contributed by atoms with Crippen LogP contribution < -0.4 is 10.6 Å². The third kappa shape index (κ3) is 4.94. The first-order chi connectivity index (χ1) is 14.2. The summed E-state index contributed by atoms with van der Waals surface area (Å²) in [5.74, 6) is -1.13. The number of hydrogen-bond donors (Lipinski definition) is 2. The predicted octanol–water partition coefficient (Wildman–Crippen LogP) is 5.71. The molecule has 29 heavy (non-hydrogen) atoms. The van der Waals surface area contributed by atoms with E-state index in [9.17, 15) is 8.78 Å². The molecule has 0 atom stereocenters. The molecule has 4 nitrogen and oxygen atoms in total. The average Bonchev–Trinajstić information content (AvgIpc) is 3.27. The fourth-order valence-corrected chi connectivity index (χ4v) is 3.35. The lowest BCUT2D eigenvalue weighted by Crippen LogP contribution is -2.03. The molecule has 0 saturated heterocycles. The number of aromatic nitrogens is 2. The first-order valence-electron chi connectivity index (χ1n) is 9.05. The Hall–Kier alpha value is -3.32. The molecule has 0 saturated carbocycles. The van der Waals surface area contributed by atoms with E-state index in [1.54, 1.807) is 0 Å². The monoisotopic (exact) mass is 408 g/mol. The van der Waals surface area contributed by atoms with Gasteiger partial charge in [0.1, 0.15) is 17.3 Å². The Balaban J connectivity index is 1.35. The van der Waals surface area contributed by atoms with Crippen molar-refractivity contribution in [1.29, 1.82) is 0 Å². The van der Waals surface area contributed by atoms with E-state index < -0.39 is 11.6 Å². The minimum Gasteiger partial charge on any atom is -0.381 e. The van der Waals surface area contributed by atoms with Gasteiger partial charge in [0.2, 0.25) is 0 Å². The van der Waals surface area contributed by atoms with Gasteiger partial charge in [-0.2, -0.15) is 0 Å². The van der Waals surface area contributed by atoms with E-state index in [0.29, 0.717) is 12.1 Å². The summed E-state index contributed by atoms with van der Waals surface area (Å²) in [6.45, 7) is 0.953. The molecule has 0 bridgehead atoms. The van der Waals surface area contributed by atoms with Gasteiger partial charge in [0, 0.05) is 47.0 Å². The minimum absolute atomic E-state index is 0.280. The fraction of sp³-hybridized carbons (Fsp3) is 0.0909. The normalized spacial score (nSPS) is 10.7. The van der Waals surface area contributed by atoms with Crippen molar-refractivity contribution in [3.05, 3.63) is 94.9 Å². The van der Waals surface area contributed by atoms with Crippen molar-refractivity contribution in [1.82, 2.24) is 9.59 Å². The van der Waals surface area contributed by atoms with E-state index in [2.05, 4.69) is 32.4 Å². The van der Waals surface area contributed by atoms with Gasteiger partial charge in [-0.15, -0.1) is 5.10 Å². The lowest BCUT2D eigenvalue weighted by atomic mass is 10.1. The Kier molecular flexibility index (Phi) is 5.76. The summed E-state index contributed by atoms with van der Waals surface area (Å²) in [5, 5.41) is 12.5. The highest BCUT2D eigenvalue weighted by molar-refractivity contribution is 7.03. The van der Waals surface area contributed by atoms with Gasteiger partial charge in [-0.1, -0.05) is 40.9 Å². The zero-order valence-corrected chi connectivity index (χ0v) is 16.2. The molecule has 3 aromatic carbocycles. The van der Waals surface area contributed by atoms with Crippen LogP contribution in [0.5, 0.6) is 0 Å². The summed E-state index contributed by atoms with van der Waals surface area (Å²) < 4.78 is 30.7. The van der Waals surface area contributed by atoms with Gasteiger partial charge in [-0.3, -0.25) is 0 Å². The molecule has 0 amide bonds. The van der Waals surface area contributed by atoms with E-state index in [1.807, 2.05) is 41.8 Å². The molecular weight excluding hydrogens is 390 g/mol. The summed E-state index contributed by atoms with van der Waals surface area (Å²) in [6.07, 6.45) is 0. The third-order valence-electron chi connectivity index (χ3n) is 4.47. The van der Waals surface area contributed by atoms with Gasteiger partial charge in [0.15, 0.2) is 0 Å². The molecule has 0 aliphatic rings. The molecule has 0 spiro atoms. The molecule has 0 aliphatic carbocycles. The van der Waals surface area contributed by atoms with E-state index in [0.717, 1.165) is 34.3 Å². The molecular formula is C22H18F2N4S. The highest BCUT2D eigenvalue weighted by atomic mass is 32.1. The van der Waals surface area contributed by atoms with Crippen molar-refractivity contribution in [3.63, 3.8) is 0 Å². The van der Waals surface area contributed by atoms with Crippen LogP contribution in [0.1, 0.15) is 11.1 Å². The maximum absolute atomic E-state index is 13.8. The molecule has 0 radical (unpaired) electrons. The summed E-state index contributed by atoms with van der Waals surface area (Å²) in [5.41, 5.74) is 5.28. The van der Waals surface area contributed by atoms with Gasteiger partial charge in [-0.05, 0) is 41.4 Å². The average molecular weight is 408 g/mol. The van der Waals surface area contributed by atoms with Crippen LogP contribution in [0.3, 0.4) is 0 Å². The summed E-state index contributed by atoms with van der Waals surface area (Å²) in [7, 11) is 0. The van der Waals surface area contributed by atoms with E-state index in [4.69, 9.17) is 0 Å². The Morgan fingerprint density at radius 1 is 0.828 bits per heavy atom. The molecule has 0 aliphatic heterocycles. The van der Waals surface area contributed by atoms with Crippen LogP contribution in [0.25, 0.3) is 11.3 Å². The van der Waals surface area contributed by atoms with Crippen molar-refractivity contribution in [2.75, 3.05) is 10.6 Å². The highest BCUT2D eigenvalue weighted by Gasteiger charge is 2.04. The Labute approximate surface area is 171 Å². The molecule has 0 fully saturated rings. The number of nitrogens with one attached hydrogen (secondary N) is 2. The van der Waals surface area contributed by atoms with Crippen LogP contribution in [0.2, 0.25) is 0 Å². The SMILES string of the molecule is Fc1ccc(CNc2cccc(NCc3ccc(-c4csnn4)cc3)c2)c(F)c1. The first kappa shape index (κ1) is 19.0. The van der Waals surface area contributed by atoms with Crippen molar-refractivity contribution in [2.45, 2.75) is 13.1 Å². The number of hydrogen-bond acceptors (Lipinski definition) is 5. The number of halogens is 2. The van der Waals surface area contributed by atoms with Gasteiger partial charge < -0.3 is 10.6 Å². The number of nitrogens with zero attached hydrogens (tertiary/aromatic N) is 2. The standard InChI is InChI=1S/C22H18F2N4S/c23-18-9-8-17(21(24)10-18)13-26-20-3-1-2-19(11-20)25-12-15-4-6-16(7-5-15)22-14-29-28-27-22/h1-11,14,25-26H,12-13H2. The Bertz CT molecular complexity index is 1080. The number of anilines is 2. The van der Waals surface area contributed by atoms with Gasteiger partial charge in [0.05, 0.1) is 0 Å². The van der Waals surface area contributed by atoms with Crippen molar-refractivity contribution >= 4 is 22.9 Å². The molecule has 2 N–H and O–H groups in total. The molecule has 1 aromatic heterocycles. The van der Waals surface area contributed by atoms with Crippen LogP contribution >= 0.6 is 11.5 Å². The van der Waals surface area contributed by atoms with Gasteiger partial charge >= 0.3 is 0 Å². The molecule has 0 unspecified atom stereocenters. The van der Waals surface area contributed by atoms with E-state index in [1.165, 1.54) is 23.7 Å². The third-order valence-corrected chi connectivity index (χ3v) is 4.97. The lowest BCUT2D eigenvalue weighted by molar-refractivity contribution is 0.574. The second kappa shape index (κ2) is 8.79. The summed E-state index contributed by atoms with van der Waals surface area (Å²) in [4.78, 5) is 0. The number of benzene rings is 3. The van der Waals surface area contributed by atoms with Gasteiger partial charge in [-0.25, -0.2) is 8.78 Å². The molecule has 4 aromatic rings. The van der Waals surface area contributed by atoms with Crippen LogP contribution in [0, 0.1) is 11.6 Å². The molecule has 7 heteroatoms. The minimum atomic E-state index is -0.575. The maximum atomic E-state index is 13.8. The van der Waals surface area contributed by atoms with Crippen LogP contribution in [0.15, 0.2) is 72.1 Å². The molecule has 146 valence electrons. The van der Waals surface area contributed by atoms with Crippen LogP contribution in [0.4, 0.5) is 20.2 Å². The Morgan fingerprint density at radius 2 is 1.59 bits per heavy atom. The van der Waals surface area contributed by atoms with Crippen molar-refractivity contribution < 1.29 is 8.78 Å². The van der Waals surface area contributed by atoms with Crippen LogP contribution in [-0.4, -0.2) is 9.59 Å². The van der Waals surface area contributed by atoms with Crippen molar-refractivity contribution in [2.24, 2.45) is 0 Å². The second-order valence-corrected chi connectivity index (χ2v) is 7.12. The van der Waals surface area contributed by atoms with E-state index in [-0.39, 0.29) is 6.54 Å². The fourth-order valence-electron chi connectivity index (χ4n) is 2.89. The summed E-state index contributed by atoms with van der Waals surface area (Å²) in [6, 6.07) is 19.5. The van der Waals surface area contributed by atoms with Crippen LogP contribution in [-0.2, 0) is 13.1 Å². The highest BCUT2D eigenvalue weighted by Crippen LogP contribution is 2.20. The molecule has 1 heterocycles. The second-order valence-electron chi connectivity index (χ2n) is 6.51. The van der Waals surface area contributed by atoms with E-state index >= 15 is 0 Å². The smallest absolute Gasteiger partial charge is 0.131 e. The lowest BCUT2D eigenvalue weighted by Gasteiger charge is -2.11. The predicted molar refractivity (Wildman–Crippen MR) is 113 cm³/mol. The molecule has 4 rings (SSSR count). The quantitative estimate of drug-likeness (QED) is 0.411. The van der Waals surface area contributed by atoms with Crippen molar-refractivity contribution in [3.8, 4) is 11.3 Å². The topological polar surface area (TPSA) is 49.8 Å².